The molecule has 0 bridgehead atoms. The molecule has 0 aliphatic heterocycles. The minimum absolute atomic E-state index is 0.0911. The van der Waals surface area contributed by atoms with Gasteiger partial charge in [-0.15, -0.1) is 0 Å². The Morgan fingerprint density at radius 1 is 1.13 bits per heavy atom. The molecule has 88 valence electrons. The molecule has 0 aromatic heterocycles. The van der Waals surface area contributed by atoms with Crippen LogP contribution in [0.2, 0.25) is 0 Å². The van der Waals surface area contributed by atoms with Gasteiger partial charge in [-0.1, -0.05) is 27.2 Å². The summed E-state index contributed by atoms with van der Waals surface area (Å²) < 4.78 is 0. The first-order valence-corrected chi connectivity index (χ1v) is 5.87. The van der Waals surface area contributed by atoms with E-state index in [9.17, 15) is 9.59 Å². The number of amides is 1. The zero-order valence-corrected chi connectivity index (χ0v) is 10.3. The van der Waals surface area contributed by atoms with Gasteiger partial charge in [0.25, 0.3) is 0 Å². The van der Waals surface area contributed by atoms with Crippen molar-refractivity contribution in [3.63, 3.8) is 0 Å². The molecule has 0 saturated heterocycles. The lowest BCUT2D eigenvalue weighted by Gasteiger charge is -2.20. The first-order valence-electron chi connectivity index (χ1n) is 5.87. The topological polar surface area (TPSA) is 46.2 Å². The van der Waals surface area contributed by atoms with Crippen molar-refractivity contribution in [3.05, 3.63) is 0 Å². The molecular weight excluding hydrogens is 190 g/mol. The third-order valence-electron chi connectivity index (χ3n) is 2.69. The maximum Gasteiger partial charge on any atom is 0.217 e. The monoisotopic (exact) mass is 213 g/mol. The van der Waals surface area contributed by atoms with E-state index in [1.54, 1.807) is 0 Å². The van der Waals surface area contributed by atoms with Gasteiger partial charge in [-0.3, -0.25) is 9.59 Å². The van der Waals surface area contributed by atoms with Gasteiger partial charge in [0.1, 0.15) is 0 Å². The number of Topliss-reactive ketones (excluding diaryl/α,β-unsaturated/α-hetero) is 1. The van der Waals surface area contributed by atoms with Gasteiger partial charge >= 0.3 is 0 Å². The van der Waals surface area contributed by atoms with Crippen LogP contribution in [0.4, 0.5) is 0 Å². The number of carbonyl (C=O) groups excluding carboxylic acids is 2. The van der Waals surface area contributed by atoms with Crippen LogP contribution >= 0.6 is 0 Å². The average molecular weight is 213 g/mol. The largest absolute Gasteiger partial charge is 0.347 e. The van der Waals surface area contributed by atoms with E-state index in [0.717, 1.165) is 25.7 Å². The SMILES string of the molecule is CCC[C@H](NC(C)=O)C(=O)C(CC)CC. The minimum atomic E-state index is -0.280. The normalized spacial score (nSPS) is 12.6. The van der Waals surface area contributed by atoms with Crippen LogP contribution in [0.15, 0.2) is 0 Å². The van der Waals surface area contributed by atoms with Crippen molar-refractivity contribution >= 4 is 11.7 Å². The molecule has 0 saturated carbocycles. The Morgan fingerprint density at radius 2 is 1.67 bits per heavy atom. The Balaban J connectivity index is 4.45. The molecule has 0 fully saturated rings. The number of carbonyl (C=O) groups is 2. The molecule has 1 N–H and O–H groups in total. The van der Waals surface area contributed by atoms with E-state index in [1.807, 2.05) is 20.8 Å². The zero-order valence-electron chi connectivity index (χ0n) is 10.3. The molecule has 0 spiro atoms. The molecule has 0 rings (SSSR count). The second kappa shape index (κ2) is 7.43. The molecule has 0 heterocycles. The molecule has 0 aromatic rings. The van der Waals surface area contributed by atoms with Crippen molar-refractivity contribution in [1.82, 2.24) is 5.32 Å². The summed E-state index contributed by atoms with van der Waals surface area (Å²) >= 11 is 0. The van der Waals surface area contributed by atoms with E-state index in [2.05, 4.69) is 5.32 Å². The van der Waals surface area contributed by atoms with Crippen LogP contribution in [-0.2, 0) is 9.59 Å². The summed E-state index contributed by atoms with van der Waals surface area (Å²) in [7, 11) is 0. The van der Waals surface area contributed by atoms with E-state index in [-0.39, 0.29) is 23.7 Å². The van der Waals surface area contributed by atoms with Crippen molar-refractivity contribution < 1.29 is 9.59 Å². The number of ketones is 1. The quantitative estimate of drug-likeness (QED) is 0.705. The van der Waals surface area contributed by atoms with Gasteiger partial charge in [0, 0.05) is 12.8 Å². The highest BCUT2D eigenvalue weighted by atomic mass is 16.2. The maximum absolute atomic E-state index is 12.0. The van der Waals surface area contributed by atoms with E-state index in [0.29, 0.717) is 0 Å². The van der Waals surface area contributed by atoms with E-state index >= 15 is 0 Å². The second-order valence-electron chi connectivity index (χ2n) is 3.96. The molecule has 15 heavy (non-hydrogen) atoms. The molecule has 0 aliphatic carbocycles. The average Bonchev–Trinajstić information content (AvgIpc) is 2.18. The van der Waals surface area contributed by atoms with Gasteiger partial charge in [-0.2, -0.15) is 0 Å². The fourth-order valence-electron chi connectivity index (χ4n) is 1.80. The van der Waals surface area contributed by atoms with Crippen LogP contribution in [0.25, 0.3) is 0 Å². The van der Waals surface area contributed by atoms with Crippen LogP contribution in [0, 0.1) is 5.92 Å². The van der Waals surface area contributed by atoms with Crippen molar-refractivity contribution in [2.45, 2.75) is 59.4 Å². The van der Waals surface area contributed by atoms with Crippen LogP contribution in [0.5, 0.6) is 0 Å². The molecule has 0 aliphatic rings. The van der Waals surface area contributed by atoms with Crippen LogP contribution in [-0.4, -0.2) is 17.7 Å². The number of nitrogens with one attached hydrogen (secondary N) is 1. The first-order chi connectivity index (χ1) is 7.06. The second-order valence-corrected chi connectivity index (χ2v) is 3.96. The highest BCUT2D eigenvalue weighted by Crippen LogP contribution is 2.13. The van der Waals surface area contributed by atoms with Crippen molar-refractivity contribution in [3.8, 4) is 0 Å². The van der Waals surface area contributed by atoms with Gasteiger partial charge in [-0.05, 0) is 19.3 Å². The maximum atomic E-state index is 12.0. The van der Waals surface area contributed by atoms with Crippen molar-refractivity contribution in [2.75, 3.05) is 0 Å². The van der Waals surface area contributed by atoms with Crippen molar-refractivity contribution in [2.24, 2.45) is 5.92 Å². The van der Waals surface area contributed by atoms with E-state index < -0.39 is 0 Å². The Bertz CT molecular complexity index is 210. The van der Waals surface area contributed by atoms with Gasteiger partial charge in [-0.25, -0.2) is 0 Å². The van der Waals surface area contributed by atoms with E-state index in [4.69, 9.17) is 0 Å². The Morgan fingerprint density at radius 3 is 2.00 bits per heavy atom. The third kappa shape index (κ3) is 4.96. The van der Waals surface area contributed by atoms with Gasteiger partial charge in [0.05, 0.1) is 6.04 Å². The lowest BCUT2D eigenvalue weighted by Crippen LogP contribution is -2.42. The summed E-state index contributed by atoms with van der Waals surface area (Å²) in [6.45, 7) is 7.52. The standard InChI is InChI=1S/C12H23NO2/c1-5-8-11(13-9(4)14)12(15)10(6-2)7-3/h10-11H,5-8H2,1-4H3,(H,13,14)/t11-/m0/s1. The molecule has 0 radical (unpaired) electrons. The smallest absolute Gasteiger partial charge is 0.217 e. The first kappa shape index (κ1) is 14.1. The molecule has 3 nitrogen and oxygen atoms in total. The number of hydrogen-bond donors (Lipinski definition) is 1. The minimum Gasteiger partial charge on any atom is -0.347 e. The van der Waals surface area contributed by atoms with Gasteiger partial charge in [0.15, 0.2) is 5.78 Å². The predicted octanol–water partition coefficient (Wildman–Crippen LogP) is 2.30. The molecule has 3 heteroatoms. The zero-order chi connectivity index (χ0) is 11.8. The molecular formula is C12H23NO2. The van der Waals surface area contributed by atoms with Crippen LogP contribution in [0.1, 0.15) is 53.4 Å². The number of rotatable bonds is 7. The summed E-state index contributed by atoms with van der Waals surface area (Å²) in [6, 6.07) is -0.280. The lowest BCUT2D eigenvalue weighted by molar-refractivity contribution is -0.129. The third-order valence-corrected chi connectivity index (χ3v) is 2.69. The Labute approximate surface area is 92.6 Å². The van der Waals surface area contributed by atoms with Crippen LogP contribution < -0.4 is 5.32 Å². The summed E-state index contributed by atoms with van der Waals surface area (Å²) in [4.78, 5) is 23.0. The summed E-state index contributed by atoms with van der Waals surface area (Å²) in [5, 5.41) is 2.74. The fraction of sp³-hybridized carbons (Fsp3) is 0.833. The molecule has 0 unspecified atom stereocenters. The van der Waals surface area contributed by atoms with Crippen molar-refractivity contribution in [1.29, 1.82) is 0 Å². The number of hydrogen-bond acceptors (Lipinski definition) is 2. The molecule has 1 atom stereocenters. The lowest BCUT2D eigenvalue weighted by atomic mass is 9.91. The van der Waals surface area contributed by atoms with Crippen LogP contribution in [0.3, 0.4) is 0 Å². The highest BCUT2D eigenvalue weighted by molar-refractivity contribution is 5.89. The highest BCUT2D eigenvalue weighted by Gasteiger charge is 2.24. The summed E-state index contributed by atoms with van der Waals surface area (Å²) in [5.41, 5.74) is 0. The van der Waals surface area contributed by atoms with E-state index in [1.165, 1.54) is 6.92 Å². The predicted molar refractivity (Wildman–Crippen MR) is 61.6 cm³/mol. The summed E-state index contributed by atoms with van der Waals surface area (Å²) in [5.74, 6) is 0.165. The molecule has 0 aromatic carbocycles. The molecule has 1 amide bonds. The van der Waals surface area contributed by atoms with Gasteiger partial charge < -0.3 is 5.32 Å². The van der Waals surface area contributed by atoms with Gasteiger partial charge in [0.2, 0.25) is 5.91 Å². The summed E-state index contributed by atoms with van der Waals surface area (Å²) in [6.07, 6.45) is 3.37. The Hall–Kier alpha value is -0.860. The Kier molecular flexibility index (Phi) is 7.01. The fourth-order valence-corrected chi connectivity index (χ4v) is 1.80.